The van der Waals surface area contributed by atoms with Gasteiger partial charge < -0.3 is 15.3 Å². The first-order valence-electron chi connectivity index (χ1n) is 11.9. The molecule has 0 bridgehead atoms. The monoisotopic (exact) mass is 455 g/mol. The minimum Gasteiger partial charge on any atom is -0.494 e. The van der Waals surface area contributed by atoms with E-state index in [1.54, 1.807) is 17.6 Å². The molecule has 9 nitrogen and oxygen atoms in total. The van der Waals surface area contributed by atoms with Crippen molar-refractivity contribution in [2.45, 2.75) is 78.4 Å². The van der Waals surface area contributed by atoms with Gasteiger partial charge in [0.05, 0.1) is 5.69 Å². The number of nitrogens with zero attached hydrogens (tertiary/aromatic N) is 4. The number of hydrogen-bond donors (Lipinski definition) is 2. The minimum absolute atomic E-state index is 0.0481. The maximum atomic E-state index is 13.2. The zero-order chi connectivity index (χ0) is 23.9. The maximum Gasteiger partial charge on any atom is 0.291 e. The van der Waals surface area contributed by atoms with Gasteiger partial charge in [0.2, 0.25) is 11.8 Å². The summed E-state index contributed by atoms with van der Waals surface area (Å²) in [5.74, 6) is -0.893. The molecular formula is C24H33N5O4. The lowest BCUT2D eigenvalue weighted by molar-refractivity contribution is -0.126. The SMILES string of the molecule is CC[C@H]1CCCN1C(=O)/C=C/c1c(C)nn2c(=O)c(C(=O)NC3CC3)c(O)n(CC(C)C)c12. The lowest BCUT2D eigenvalue weighted by Gasteiger charge is -2.22. The quantitative estimate of drug-likeness (QED) is 0.624. The molecule has 1 aliphatic carbocycles. The molecule has 0 aromatic carbocycles. The fraction of sp³-hybridized carbons (Fsp3) is 0.583. The smallest absolute Gasteiger partial charge is 0.291 e. The Bertz CT molecular complexity index is 1170. The van der Waals surface area contributed by atoms with Gasteiger partial charge in [0.25, 0.3) is 11.5 Å². The molecule has 1 aliphatic heterocycles. The summed E-state index contributed by atoms with van der Waals surface area (Å²) in [5, 5.41) is 18.2. The van der Waals surface area contributed by atoms with Gasteiger partial charge in [0, 0.05) is 36.8 Å². The van der Waals surface area contributed by atoms with Crippen LogP contribution < -0.4 is 10.9 Å². The molecule has 0 unspecified atom stereocenters. The number of carbonyl (C=O) groups is 2. The van der Waals surface area contributed by atoms with E-state index in [1.165, 1.54) is 10.6 Å². The summed E-state index contributed by atoms with van der Waals surface area (Å²) in [6, 6.07) is 0.301. The van der Waals surface area contributed by atoms with Crippen molar-refractivity contribution >= 4 is 23.5 Å². The highest BCUT2D eigenvalue weighted by atomic mass is 16.3. The number of nitrogens with one attached hydrogen (secondary N) is 1. The van der Waals surface area contributed by atoms with Crippen molar-refractivity contribution in [2.75, 3.05) is 6.54 Å². The van der Waals surface area contributed by atoms with Crippen LogP contribution in [0.5, 0.6) is 5.88 Å². The van der Waals surface area contributed by atoms with Gasteiger partial charge in [-0.3, -0.25) is 19.0 Å². The van der Waals surface area contributed by atoms with Crippen LogP contribution >= 0.6 is 0 Å². The van der Waals surface area contributed by atoms with E-state index in [2.05, 4.69) is 17.3 Å². The second-order valence-electron chi connectivity index (χ2n) is 9.56. The molecule has 2 amide bonds. The lowest BCUT2D eigenvalue weighted by Crippen LogP contribution is -2.34. The molecule has 9 heteroatoms. The van der Waals surface area contributed by atoms with Crippen molar-refractivity contribution in [3.8, 4) is 5.88 Å². The Labute approximate surface area is 193 Å². The highest BCUT2D eigenvalue weighted by molar-refractivity contribution is 5.97. The molecule has 1 saturated carbocycles. The Hall–Kier alpha value is -3.10. The zero-order valence-electron chi connectivity index (χ0n) is 19.8. The van der Waals surface area contributed by atoms with Crippen LogP contribution in [0.1, 0.15) is 74.5 Å². The molecule has 1 atom stereocenters. The van der Waals surface area contributed by atoms with E-state index in [4.69, 9.17) is 0 Å². The van der Waals surface area contributed by atoms with Crippen molar-refractivity contribution in [2.24, 2.45) is 5.92 Å². The van der Waals surface area contributed by atoms with Crippen LogP contribution in [-0.4, -0.2) is 54.6 Å². The zero-order valence-corrected chi connectivity index (χ0v) is 19.8. The average molecular weight is 456 g/mol. The predicted molar refractivity (Wildman–Crippen MR) is 125 cm³/mol. The number of aromatic hydroxyl groups is 1. The average Bonchev–Trinajstić information content (AvgIpc) is 3.32. The van der Waals surface area contributed by atoms with Crippen molar-refractivity contribution in [3.63, 3.8) is 0 Å². The van der Waals surface area contributed by atoms with Gasteiger partial charge in [-0.1, -0.05) is 20.8 Å². The van der Waals surface area contributed by atoms with Gasteiger partial charge in [-0.25, -0.2) is 0 Å². The standard InChI is InChI=1S/C24H33N5O4/c1-5-17-7-6-12-27(17)19(30)11-10-18-15(4)26-29-22(18)28(13-14(2)3)23(32)20(24(29)33)21(31)25-16-8-9-16/h10-11,14,16-17,32H,5-9,12-13H2,1-4H3,(H,25,31)/b11-10+/t17-/m0/s1. The van der Waals surface area contributed by atoms with Gasteiger partial charge in [-0.2, -0.15) is 9.61 Å². The summed E-state index contributed by atoms with van der Waals surface area (Å²) >= 11 is 0. The third-order valence-corrected chi connectivity index (χ3v) is 6.43. The highest BCUT2D eigenvalue weighted by Gasteiger charge is 2.30. The summed E-state index contributed by atoms with van der Waals surface area (Å²) in [4.78, 5) is 40.7. The fourth-order valence-electron chi connectivity index (χ4n) is 4.58. The number of aromatic nitrogens is 3. The number of aryl methyl sites for hydroxylation is 1. The Balaban J connectivity index is 1.80. The van der Waals surface area contributed by atoms with Gasteiger partial charge >= 0.3 is 0 Å². The second kappa shape index (κ2) is 9.03. The molecule has 0 spiro atoms. The topological polar surface area (TPSA) is 109 Å². The van der Waals surface area contributed by atoms with Gasteiger partial charge in [0.15, 0.2) is 5.56 Å². The van der Waals surface area contributed by atoms with Crippen molar-refractivity contribution in [3.05, 3.63) is 33.3 Å². The van der Waals surface area contributed by atoms with Gasteiger partial charge in [-0.05, 0) is 51.0 Å². The number of hydrogen-bond acceptors (Lipinski definition) is 5. The van der Waals surface area contributed by atoms with Crippen LogP contribution in [0.4, 0.5) is 0 Å². The summed E-state index contributed by atoms with van der Waals surface area (Å²) in [6.45, 7) is 8.93. The van der Waals surface area contributed by atoms with Gasteiger partial charge in [0.1, 0.15) is 5.65 Å². The normalized spacial score (nSPS) is 18.7. The van der Waals surface area contributed by atoms with Crippen molar-refractivity contribution < 1.29 is 14.7 Å². The third-order valence-electron chi connectivity index (χ3n) is 6.43. The highest BCUT2D eigenvalue weighted by Crippen LogP contribution is 2.26. The van der Waals surface area contributed by atoms with Crippen molar-refractivity contribution in [1.82, 2.24) is 24.4 Å². The van der Waals surface area contributed by atoms with Crippen molar-refractivity contribution in [1.29, 1.82) is 0 Å². The Morgan fingerprint density at radius 1 is 1.27 bits per heavy atom. The van der Waals surface area contributed by atoms with E-state index in [-0.39, 0.29) is 35.4 Å². The first-order valence-corrected chi connectivity index (χ1v) is 11.9. The number of likely N-dealkylation sites (tertiary alicyclic amines) is 1. The minimum atomic E-state index is -0.666. The molecule has 3 heterocycles. The molecule has 33 heavy (non-hydrogen) atoms. The second-order valence-corrected chi connectivity index (χ2v) is 9.56. The molecule has 0 radical (unpaired) electrons. The van der Waals surface area contributed by atoms with Crippen LogP contribution in [0.25, 0.3) is 11.7 Å². The van der Waals surface area contributed by atoms with E-state index >= 15 is 0 Å². The largest absolute Gasteiger partial charge is 0.494 e. The molecule has 2 N–H and O–H groups in total. The maximum absolute atomic E-state index is 13.2. The van der Waals surface area contributed by atoms with Crippen LogP contribution in [0.15, 0.2) is 10.9 Å². The first kappa shape index (κ1) is 23.1. The molecule has 2 aliphatic rings. The molecule has 2 fully saturated rings. The fourth-order valence-corrected chi connectivity index (χ4v) is 4.58. The van der Waals surface area contributed by atoms with E-state index < -0.39 is 11.5 Å². The molecule has 2 aromatic rings. The van der Waals surface area contributed by atoms with Crippen LogP contribution in [-0.2, 0) is 11.3 Å². The summed E-state index contributed by atoms with van der Waals surface area (Å²) in [6.07, 6.45) is 7.87. The van der Waals surface area contributed by atoms with Gasteiger partial charge in [-0.15, -0.1) is 0 Å². The predicted octanol–water partition coefficient (Wildman–Crippen LogP) is 2.47. The Kier molecular flexibility index (Phi) is 6.32. The van der Waals surface area contributed by atoms with E-state index in [1.807, 2.05) is 18.7 Å². The third kappa shape index (κ3) is 4.41. The Morgan fingerprint density at radius 3 is 2.64 bits per heavy atom. The summed E-state index contributed by atoms with van der Waals surface area (Å²) < 4.78 is 2.73. The number of amides is 2. The van der Waals surface area contributed by atoms with Crippen LogP contribution in [0, 0.1) is 12.8 Å². The molecule has 178 valence electrons. The lowest BCUT2D eigenvalue weighted by atomic mass is 10.1. The molecule has 1 saturated heterocycles. The van der Waals surface area contributed by atoms with Crippen LogP contribution in [0.2, 0.25) is 0 Å². The van der Waals surface area contributed by atoms with Crippen LogP contribution in [0.3, 0.4) is 0 Å². The van der Waals surface area contributed by atoms with E-state index in [9.17, 15) is 19.5 Å². The number of fused-ring (bicyclic) bond motifs is 1. The van der Waals surface area contributed by atoms with E-state index in [0.29, 0.717) is 23.4 Å². The molecule has 2 aromatic heterocycles. The summed E-state index contributed by atoms with van der Waals surface area (Å²) in [7, 11) is 0. The summed E-state index contributed by atoms with van der Waals surface area (Å²) in [5.41, 5.74) is 0.538. The first-order chi connectivity index (χ1) is 15.7. The number of rotatable bonds is 7. The molecule has 4 rings (SSSR count). The number of carbonyl (C=O) groups excluding carboxylic acids is 2. The molecular weight excluding hydrogens is 422 g/mol. The Morgan fingerprint density at radius 2 is 2.00 bits per heavy atom. The van der Waals surface area contributed by atoms with E-state index in [0.717, 1.165) is 38.6 Å².